The highest BCUT2D eigenvalue weighted by atomic mass is 16.4. The van der Waals surface area contributed by atoms with Gasteiger partial charge >= 0.3 is 5.97 Å². The van der Waals surface area contributed by atoms with Crippen molar-refractivity contribution in [3.8, 4) is 0 Å². The van der Waals surface area contributed by atoms with E-state index in [2.05, 4.69) is 5.32 Å². The zero-order valence-corrected chi connectivity index (χ0v) is 14.1. The van der Waals surface area contributed by atoms with Crippen LogP contribution in [-0.2, 0) is 15.0 Å². The number of carbonyl (C=O) groups excluding carboxylic acids is 1. The molecule has 4 nitrogen and oxygen atoms in total. The lowest BCUT2D eigenvalue weighted by atomic mass is 9.77. The molecule has 1 aromatic carbocycles. The van der Waals surface area contributed by atoms with E-state index < -0.39 is 17.3 Å². The lowest BCUT2D eigenvalue weighted by Crippen LogP contribution is -2.41. The van der Waals surface area contributed by atoms with Crippen molar-refractivity contribution < 1.29 is 14.7 Å². The van der Waals surface area contributed by atoms with Gasteiger partial charge in [-0.15, -0.1) is 0 Å². The maximum Gasteiger partial charge on any atom is 0.308 e. The van der Waals surface area contributed by atoms with Gasteiger partial charge in [-0.05, 0) is 17.4 Å². The minimum atomic E-state index is -0.877. The topological polar surface area (TPSA) is 66.4 Å². The van der Waals surface area contributed by atoms with Crippen molar-refractivity contribution in [3.63, 3.8) is 0 Å². The van der Waals surface area contributed by atoms with Crippen LogP contribution in [0.2, 0.25) is 0 Å². The molecule has 1 aromatic rings. The first-order valence-corrected chi connectivity index (χ1v) is 7.60. The second kappa shape index (κ2) is 6.95. The van der Waals surface area contributed by atoms with E-state index in [-0.39, 0.29) is 17.9 Å². The normalized spacial score (nSPS) is 13.5. The Morgan fingerprint density at radius 3 is 2.09 bits per heavy atom. The zero-order chi connectivity index (χ0) is 17.0. The smallest absolute Gasteiger partial charge is 0.308 e. The highest BCUT2D eigenvalue weighted by Gasteiger charge is 2.30. The quantitative estimate of drug-likeness (QED) is 0.848. The number of hydrogen-bond donors (Lipinski definition) is 2. The molecule has 0 fully saturated rings. The fourth-order valence-electron chi connectivity index (χ4n) is 2.35. The van der Waals surface area contributed by atoms with Crippen molar-refractivity contribution in [2.24, 2.45) is 11.3 Å². The summed E-state index contributed by atoms with van der Waals surface area (Å²) in [6.07, 6.45) is 0.469. The summed E-state index contributed by atoms with van der Waals surface area (Å²) >= 11 is 0. The van der Waals surface area contributed by atoms with Crippen LogP contribution in [0.25, 0.3) is 0 Å². The molecule has 0 heterocycles. The summed E-state index contributed by atoms with van der Waals surface area (Å²) in [6, 6.07) is 9.86. The predicted molar refractivity (Wildman–Crippen MR) is 87.7 cm³/mol. The van der Waals surface area contributed by atoms with Crippen LogP contribution >= 0.6 is 0 Å². The lowest BCUT2D eigenvalue weighted by Gasteiger charge is -2.29. The number of amides is 1. The highest BCUT2D eigenvalue weighted by molar-refractivity contribution is 5.82. The Bertz CT molecular complexity index is 515. The van der Waals surface area contributed by atoms with E-state index in [1.54, 1.807) is 0 Å². The van der Waals surface area contributed by atoms with Crippen LogP contribution in [0.15, 0.2) is 30.3 Å². The van der Waals surface area contributed by atoms with Crippen LogP contribution < -0.4 is 5.32 Å². The maximum absolute atomic E-state index is 11.9. The summed E-state index contributed by atoms with van der Waals surface area (Å²) in [5.74, 6) is -1.61. The third-order valence-corrected chi connectivity index (χ3v) is 3.85. The number of carboxylic acid groups (broad SMARTS) is 1. The van der Waals surface area contributed by atoms with Gasteiger partial charge in [0.15, 0.2) is 0 Å². The molecule has 0 bridgehead atoms. The molecule has 0 aliphatic heterocycles. The third kappa shape index (κ3) is 5.17. The summed E-state index contributed by atoms with van der Waals surface area (Å²) in [5.41, 5.74) is 0.317. The first-order chi connectivity index (χ1) is 10.0. The highest BCUT2D eigenvalue weighted by Crippen LogP contribution is 2.30. The van der Waals surface area contributed by atoms with Gasteiger partial charge in [-0.25, -0.2) is 0 Å². The number of aliphatic carboxylic acids is 1. The van der Waals surface area contributed by atoms with Crippen molar-refractivity contribution in [1.82, 2.24) is 5.32 Å². The molecule has 122 valence electrons. The van der Waals surface area contributed by atoms with Crippen LogP contribution in [0.1, 0.15) is 46.6 Å². The summed E-state index contributed by atoms with van der Waals surface area (Å²) in [4.78, 5) is 23.4. The Balaban J connectivity index is 2.77. The van der Waals surface area contributed by atoms with Gasteiger partial charge in [0.1, 0.15) is 0 Å². The van der Waals surface area contributed by atoms with Gasteiger partial charge in [0.25, 0.3) is 0 Å². The van der Waals surface area contributed by atoms with E-state index in [9.17, 15) is 14.7 Å². The molecule has 1 rings (SSSR count). The number of carbonyl (C=O) groups is 2. The van der Waals surface area contributed by atoms with Crippen LogP contribution in [0.4, 0.5) is 0 Å². The molecule has 1 amide bonds. The Kier molecular flexibility index (Phi) is 5.75. The Labute approximate surface area is 132 Å². The molecule has 2 N–H and O–H groups in total. The van der Waals surface area contributed by atoms with Crippen LogP contribution in [0.5, 0.6) is 0 Å². The Morgan fingerprint density at radius 1 is 1.09 bits per heavy atom. The molecule has 0 radical (unpaired) electrons. The fourth-order valence-corrected chi connectivity index (χ4v) is 2.35. The standard InChI is InChI=1S/C18H27NO3/c1-17(2,3)16(22)19-12-13(15(20)21)11-18(4,5)14-9-7-6-8-10-14/h6-10,13H,11-12H2,1-5H3,(H,19,22)(H,20,21). The van der Waals surface area contributed by atoms with E-state index >= 15 is 0 Å². The summed E-state index contributed by atoms with van der Waals surface area (Å²) in [6.45, 7) is 9.65. The molecule has 4 heteroatoms. The van der Waals surface area contributed by atoms with E-state index in [1.165, 1.54) is 0 Å². The van der Waals surface area contributed by atoms with Crippen LogP contribution in [0, 0.1) is 11.3 Å². The van der Waals surface area contributed by atoms with Gasteiger partial charge in [0, 0.05) is 12.0 Å². The molecule has 0 spiro atoms. The average molecular weight is 305 g/mol. The number of rotatable bonds is 6. The van der Waals surface area contributed by atoms with Gasteiger partial charge in [-0.3, -0.25) is 9.59 Å². The van der Waals surface area contributed by atoms with Crippen molar-refractivity contribution in [3.05, 3.63) is 35.9 Å². The average Bonchev–Trinajstić information content (AvgIpc) is 2.42. The van der Waals surface area contributed by atoms with Crippen molar-refractivity contribution in [2.75, 3.05) is 6.54 Å². The monoisotopic (exact) mass is 305 g/mol. The molecule has 0 aromatic heterocycles. The molecule has 0 saturated heterocycles. The first-order valence-electron chi connectivity index (χ1n) is 7.60. The molecule has 0 aliphatic carbocycles. The Morgan fingerprint density at radius 2 is 1.64 bits per heavy atom. The molecule has 1 unspecified atom stereocenters. The van der Waals surface area contributed by atoms with E-state index in [0.29, 0.717) is 6.42 Å². The maximum atomic E-state index is 11.9. The molecule has 0 saturated carbocycles. The van der Waals surface area contributed by atoms with Gasteiger partial charge in [-0.2, -0.15) is 0 Å². The molecular formula is C18H27NO3. The molecule has 22 heavy (non-hydrogen) atoms. The lowest BCUT2D eigenvalue weighted by molar-refractivity contribution is -0.142. The predicted octanol–water partition coefficient (Wildman–Crippen LogP) is 3.22. The Hall–Kier alpha value is -1.84. The SMILES string of the molecule is CC(C)(C)C(=O)NCC(CC(C)(C)c1ccccc1)C(=O)O. The van der Waals surface area contributed by atoms with Gasteiger partial charge in [0.2, 0.25) is 5.91 Å². The first kappa shape index (κ1) is 18.2. The van der Waals surface area contributed by atoms with E-state index in [1.807, 2.05) is 65.0 Å². The summed E-state index contributed by atoms with van der Waals surface area (Å²) in [5, 5.41) is 12.2. The number of hydrogen-bond acceptors (Lipinski definition) is 2. The molecular weight excluding hydrogens is 278 g/mol. The van der Waals surface area contributed by atoms with Crippen LogP contribution in [0.3, 0.4) is 0 Å². The minimum Gasteiger partial charge on any atom is -0.481 e. The number of carboxylic acids is 1. The second-order valence-electron chi connectivity index (χ2n) is 7.45. The largest absolute Gasteiger partial charge is 0.481 e. The summed E-state index contributed by atoms with van der Waals surface area (Å²) in [7, 11) is 0. The van der Waals surface area contributed by atoms with Crippen molar-refractivity contribution in [1.29, 1.82) is 0 Å². The second-order valence-corrected chi connectivity index (χ2v) is 7.45. The fraction of sp³-hybridized carbons (Fsp3) is 0.556. The van der Waals surface area contributed by atoms with E-state index in [4.69, 9.17) is 0 Å². The third-order valence-electron chi connectivity index (χ3n) is 3.85. The zero-order valence-electron chi connectivity index (χ0n) is 14.1. The summed E-state index contributed by atoms with van der Waals surface area (Å²) < 4.78 is 0. The van der Waals surface area contributed by atoms with Crippen molar-refractivity contribution in [2.45, 2.75) is 46.5 Å². The van der Waals surface area contributed by atoms with Gasteiger partial charge < -0.3 is 10.4 Å². The van der Waals surface area contributed by atoms with Gasteiger partial charge in [-0.1, -0.05) is 65.0 Å². The molecule has 0 aliphatic rings. The number of benzene rings is 1. The number of nitrogens with one attached hydrogen (secondary N) is 1. The van der Waals surface area contributed by atoms with Crippen LogP contribution in [-0.4, -0.2) is 23.5 Å². The molecule has 1 atom stereocenters. The van der Waals surface area contributed by atoms with E-state index in [0.717, 1.165) is 5.56 Å². The minimum absolute atomic E-state index is 0.128. The van der Waals surface area contributed by atoms with Gasteiger partial charge in [0.05, 0.1) is 5.92 Å². The van der Waals surface area contributed by atoms with Crippen molar-refractivity contribution >= 4 is 11.9 Å².